The molecule has 7 nitrogen and oxygen atoms in total. The van der Waals surface area contributed by atoms with Gasteiger partial charge in [0.25, 0.3) is 0 Å². The Bertz CT molecular complexity index is 335. The van der Waals surface area contributed by atoms with E-state index in [1.165, 1.54) is 12.1 Å². The molecule has 0 radical (unpaired) electrons. The van der Waals surface area contributed by atoms with Gasteiger partial charge in [0.15, 0.2) is 0 Å². The van der Waals surface area contributed by atoms with Gasteiger partial charge in [0, 0.05) is 13.2 Å². The molecule has 0 fully saturated rings. The number of ether oxygens (including phenoxy) is 1. The van der Waals surface area contributed by atoms with Gasteiger partial charge in [-0.3, -0.25) is 9.79 Å². The van der Waals surface area contributed by atoms with E-state index in [1.807, 2.05) is 13.8 Å². The van der Waals surface area contributed by atoms with E-state index in [0.717, 1.165) is 13.2 Å². The van der Waals surface area contributed by atoms with Gasteiger partial charge in [-0.25, -0.2) is 4.57 Å². The summed E-state index contributed by atoms with van der Waals surface area (Å²) >= 11 is 0. The van der Waals surface area contributed by atoms with Crippen molar-refractivity contribution in [2.75, 3.05) is 26.4 Å². The Hall–Kier alpha value is -0.950. The minimum absolute atomic E-state index is 0.125. The zero-order valence-corrected chi connectivity index (χ0v) is 12.6. The van der Waals surface area contributed by atoms with Gasteiger partial charge in [0.1, 0.15) is 5.75 Å². The molecule has 0 spiro atoms. The van der Waals surface area contributed by atoms with Crippen molar-refractivity contribution in [1.82, 2.24) is 0 Å². The number of hydrogen-bond donors (Lipinski definition) is 4. The molecule has 0 aliphatic heterocycles. The van der Waals surface area contributed by atoms with Crippen LogP contribution in [0.2, 0.25) is 0 Å². The van der Waals surface area contributed by atoms with Crippen molar-refractivity contribution in [2.45, 2.75) is 13.8 Å². The maximum atomic E-state index is 10.3. The van der Waals surface area contributed by atoms with Crippen LogP contribution in [0.5, 0.6) is 5.75 Å². The van der Waals surface area contributed by atoms with Gasteiger partial charge in [-0.2, -0.15) is 0 Å². The van der Waals surface area contributed by atoms with Crippen molar-refractivity contribution >= 4 is 7.82 Å². The van der Waals surface area contributed by atoms with Gasteiger partial charge >= 0.3 is 7.82 Å². The second-order valence-corrected chi connectivity index (χ2v) is 4.29. The van der Waals surface area contributed by atoms with Crippen LogP contribution < -0.4 is 4.52 Å². The van der Waals surface area contributed by atoms with E-state index >= 15 is 0 Å². The summed E-state index contributed by atoms with van der Waals surface area (Å²) in [6, 6.07) is 7.93. The lowest BCUT2D eigenvalue weighted by molar-refractivity contribution is 0.162. The summed E-state index contributed by atoms with van der Waals surface area (Å²) in [4.78, 5) is 16.7. The molecular weight excluding hydrogens is 287 g/mol. The molecule has 0 heterocycles. The van der Waals surface area contributed by atoms with Crippen molar-refractivity contribution in [3.63, 3.8) is 0 Å². The van der Waals surface area contributed by atoms with E-state index in [4.69, 9.17) is 24.7 Å². The van der Waals surface area contributed by atoms with Crippen LogP contribution in [0.3, 0.4) is 0 Å². The minimum Gasteiger partial charge on any atom is -0.404 e. The number of benzene rings is 1. The second kappa shape index (κ2) is 14.5. The third-order valence-electron chi connectivity index (χ3n) is 1.48. The highest BCUT2D eigenvalue weighted by Gasteiger charge is 2.14. The highest BCUT2D eigenvalue weighted by atomic mass is 31.2. The summed E-state index contributed by atoms with van der Waals surface area (Å²) in [5, 5.41) is 15.2. The molecule has 20 heavy (non-hydrogen) atoms. The van der Waals surface area contributed by atoms with Crippen LogP contribution in [0.1, 0.15) is 13.8 Å². The molecule has 8 heteroatoms. The van der Waals surface area contributed by atoms with Crippen molar-refractivity contribution in [3.05, 3.63) is 30.3 Å². The van der Waals surface area contributed by atoms with Crippen LogP contribution in [0, 0.1) is 0 Å². The van der Waals surface area contributed by atoms with Crippen LogP contribution in [-0.2, 0) is 9.30 Å². The quantitative estimate of drug-likeness (QED) is 0.603. The van der Waals surface area contributed by atoms with Gasteiger partial charge < -0.3 is 19.5 Å². The fourth-order valence-electron chi connectivity index (χ4n) is 0.823. The first kappa shape index (κ1) is 21.4. The predicted molar refractivity (Wildman–Crippen MR) is 75.5 cm³/mol. The van der Waals surface area contributed by atoms with Gasteiger partial charge in [0.2, 0.25) is 0 Å². The molecule has 0 saturated carbocycles. The largest absolute Gasteiger partial charge is 0.524 e. The van der Waals surface area contributed by atoms with Crippen LogP contribution in [0.15, 0.2) is 30.3 Å². The number of para-hydroxylation sites is 1. The van der Waals surface area contributed by atoms with Crippen molar-refractivity contribution in [1.29, 1.82) is 0 Å². The molecule has 0 saturated heterocycles. The molecule has 0 amide bonds. The average Bonchev–Trinajstić information content (AvgIpc) is 2.40. The maximum absolute atomic E-state index is 10.3. The number of rotatable bonds is 5. The third kappa shape index (κ3) is 19.4. The van der Waals surface area contributed by atoms with Gasteiger partial charge in [-0.05, 0) is 26.0 Å². The number of hydrogen-bond acceptors (Lipinski definition) is 5. The van der Waals surface area contributed by atoms with E-state index in [0.29, 0.717) is 0 Å². The fourth-order valence-corrected chi connectivity index (χ4v) is 1.22. The first-order chi connectivity index (χ1) is 9.41. The Balaban J connectivity index is 0. The minimum atomic E-state index is -4.39. The van der Waals surface area contributed by atoms with E-state index in [9.17, 15) is 4.57 Å². The molecule has 0 aliphatic carbocycles. The average molecular weight is 310 g/mol. The van der Waals surface area contributed by atoms with E-state index in [1.54, 1.807) is 18.2 Å². The monoisotopic (exact) mass is 310 g/mol. The Morgan fingerprint density at radius 1 is 1.00 bits per heavy atom. The molecule has 1 aromatic rings. The molecule has 0 unspecified atom stereocenters. The summed E-state index contributed by atoms with van der Waals surface area (Å²) in [6.07, 6.45) is 0. The first-order valence-electron chi connectivity index (χ1n) is 6.00. The first-order valence-corrected chi connectivity index (χ1v) is 7.53. The Morgan fingerprint density at radius 3 is 1.70 bits per heavy atom. The van der Waals surface area contributed by atoms with E-state index in [-0.39, 0.29) is 19.0 Å². The third-order valence-corrected chi connectivity index (χ3v) is 1.92. The lowest BCUT2D eigenvalue weighted by Crippen LogP contribution is -1.88. The van der Waals surface area contributed by atoms with Crippen LogP contribution >= 0.6 is 7.82 Å². The van der Waals surface area contributed by atoms with Gasteiger partial charge in [-0.15, -0.1) is 0 Å². The van der Waals surface area contributed by atoms with Gasteiger partial charge in [-0.1, -0.05) is 18.2 Å². The van der Waals surface area contributed by atoms with Crippen LogP contribution in [0.4, 0.5) is 0 Å². The topological polar surface area (TPSA) is 116 Å². The molecular formula is C12H23O7P. The predicted octanol–water partition coefficient (Wildman–Crippen LogP) is 1.17. The summed E-state index contributed by atoms with van der Waals surface area (Å²) < 4.78 is 19.4. The maximum Gasteiger partial charge on any atom is 0.524 e. The molecule has 0 aromatic heterocycles. The molecule has 0 aliphatic rings. The number of aliphatic hydroxyl groups is 2. The number of aliphatic hydroxyl groups excluding tert-OH is 2. The zero-order valence-electron chi connectivity index (χ0n) is 11.7. The Labute approximate surface area is 119 Å². The highest BCUT2D eigenvalue weighted by Crippen LogP contribution is 2.36. The van der Waals surface area contributed by atoms with Crippen molar-refractivity contribution in [3.8, 4) is 5.75 Å². The lowest BCUT2D eigenvalue weighted by atomic mass is 10.3. The second-order valence-electron chi connectivity index (χ2n) is 3.12. The Kier molecular flexibility index (Phi) is 15.4. The number of phosphoric acid groups is 1. The molecule has 0 atom stereocenters. The SMILES string of the molecule is CCOCC.O=P(O)(O)Oc1ccccc1.OCCO. The molecule has 4 N–H and O–H groups in total. The fraction of sp³-hybridized carbons (Fsp3) is 0.500. The Morgan fingerprint density at radius 2 is 1.45 bits per heavy atom. The number of phosphoric ester groups is 1. The lowest BCUT2D eigenvalue weighted by Gasteiger charge is -2.04. The summed E-state index contributed by atoms with van der Waals surface area (Å²) in [6.45, 7) is 5.42. The summed E-state index contributed by atoms with van der Waals surface area (Å²) in [5.74, 6) is 0.167. The normalized spacial score (nSPS) is 9.70. The summed E-state index contributed by atoms with van der Waals surface area (Å²) in [7, 11) is -4.39. The molecule has 118 valence electrons. The zero-order chi connectivity index (χ0) is 15.9. The highest BCUT2D eigenvalue weighted by molar-refractivity contribution is 7.46. The van der Waals surface area contributed by atoms with Crippen LogP contribution in [-0.4, -0.2) is 46.4 Å². The van der Waals surface area contributed by atoms with Crippen molar-refractivity contribution in [2.24, 2.45) is 0 Å². The van der Waals surface area contributed by atoms with Crippen LogP contribution in [0.25, 0.3) is 0 Å². The van der Waals surface area contributed by atoms with Gasteiger partial charge in [0.05, 0.1) is 13.2 Å². The summed E-state index contributed by atoms with van der Waals surface area (Å²) in [5.41, 5.74) is 0. The standard InChI is InChI=1S/C6H7O4P.C4H10O.C2H6O2/c7-11(8,9)10-6-4-2-1-3-5-6;1-3-5-4-2;3-1-2-4/h1-5H,(H2,7,8,9);3-4H2,1-2H3;3-4H,1-2H2. The molecule has 0 bridgehead atoms. The van der Waals surface area contributed by atoms with Crippen molar-refractivity contribution < 1.29 is 33.8 Å². The molecule has 1 rings (SSSR count). The van der Waals surface area contributed by atoms with E-state index < -0.39 is 7.82 Å². The smallest absolute Gasteiger partial charge is 0.404 e. The van der Waals surface area contributed by atoms with E-state index in [2.05, 4.69) is 4.52 Å². The molecule has 1 aromatic carbocycles.